The van der Waals surface area contributed by atoms with Crippen molar-refractivity contribution in [2.75, 3.05) is 55.7 Å². The lowest BCUT2D eigenvalue weighted by Gasteiger charge is -2.41. The number of carbonyl (C=O) groups excluding carboxylic acids is 3. The summed E-state index contributed by atoms with van der Waals surface area (Å²) < 4.78 is -0.735. The topological polar surface area (TPSA) is 84.4 Å². The molecule has 3 unspecified atom stereocenters. The monoisotopic (exact) mass is 582 g/mol. The van der Waals surface area contributed by atoms with E-state index >= 15 is 0 Å². The molecule has 3 heterocycles. The van der Waals surface area contributed by atoms with E-state index in [-0.39, 0.29) is 48.6 Å². The summed E-state index contributed by atoms with van der Waals surface area (Å²) in [5, 5.41) is 9.97. The lowest BCUT2D eigenvalue weighted by molar-refractivity contribution is -0.144. The van der Waals surface area contributed by atoms with Gasteiger partial charge in [-0.25, -0.2) is 0 Å². The summed E-state index contributed by atoms with van der Waals surface area (Å²) in [6.07, 6.45) is 5.01. The summed E-state index contributed by atoms with van der Waals surface area (Å²) in [5.74, 6) is -1.44. The second-order valence-electron chi connectivity index (χ2n) is 11.3. The highest BCUT2D eigenvalue weighted by Crippen LogP contribution is 2.68. The van der Waals surface area contributed by atoms with Gasteiger partial charge in [-0.05, 0) is 56.9 Å². The standard InChI is InChI=1S/C32H46N4O4S/c1-7-16-34(17-8-2)29(38)26-25-21-22(6)32(41-25)27(26)30(39)36(19-20-37)28(32)31(40)35(18-9-3)24-14-12-23(13-15-24)33(10-4)11-5/h7,9,12-15,22,25-28,37H,1,3,8,10-11,16-21H2,2,4-6H3/t22?,25-,26+,27-,28?,32?/m0/s1. The van der Waals surface area contributed by atoms with Crippen molar-refractivity contribution >= 4 is 40.9 Å². The van der Waals surface area contributed by atoms with E-state index in [1.807, 2.05) is 31.2 Å². The Morgan fingerprint density at radius 3 is 2.27 bits per heavy atom. The van der Waals surface area contributed by atoms with Crippen LogP contribution < -0.4 is 9.80 Å². The number of thioether (sulfide) groups is 1. The fraction of sp³-hybridized carbons (Fsp3) is 0.594. The number of amides is 3. The molecule has 3 amide bonds. The number of β-amino-alcohol motifs (C(OH)–C–C–N with tert-alkyl or cyclic N) is 1. The molecule has 1 spiro atoms. The molecule has 41 heavy (non-hydrogen) atoms. The maximum Gasteiger partial charge on any atom is 0.251 e. The van der Waals surface area contributed by atoms with E-state index in [2.05, 4.69) is 38.8 Å². The van der Waals surface area contributed by atoms with Crippen LogP contribution in [0.15, 0.2) is 49.6 Å². The smallest absolute Gasteiger partial charge is 0.251 e. The van der Waals surface area contributed by atoms with Crippen LogP contribution >= 0.6 is 11.8 Å². The first-order valence-corrected chi connectivity index (χ1v) is 15.9. The molecule has 2 bridgehead atoms. The van der Waals surface area contributed by atoms with Crippen molar-refractivity contribution < 1.29 is 19.5 Å². The molecule has 3 fully saturated rings. The Morgan fingerprint density at radius 1 is 1.07 bits per heavy atom. The quantitative estimate of drug-likeness (QED) is 0.336. The van der Waals surface area contributed by atoms with Crippen molar-refractivity contribution in [2.45, 2.75) is 56.6 Å². The van der Waals surface area contributed by atoms with E-state index < -0.39 is 22.6 Å². The van der Waals surface area contributed by atoms with Crippen LogP contribution in [0.3, 0.4) is 0 Å². The van der Waals surface area contributed by atoms with Gasteiger partial charge in [-0.2, -0.15) is 0 Å². The van der Waals surface area contributed by atoms with Gasteiger partial charge in [0.25, 0.3) is 5.91 Å². The number of carbonyl (C=O) groups is 3. The Morgan fingerprint density at radius 2 is 1.71 bits per heavy atom. The number of aliphatic hydroxyl groups excluding tert-OH is 1. The van der Waals surface area contributed by atoms with Crippen LogP contribution in [0.1, 0.15) is 40.5 Å². The zero-order valence-electron chi connectivity index (χ0n) is 25.0. The molecule has 4 rings (SSSR count). The molecule has 1 aromatic carbocycles. The van der Waals surface area contributed by atoms with Gasteiger partial charge in [0.1, 0.15) is 6.04 Å². The number of likely N-dealkylation sites (tertiary alicyclic amines) is 1. The van der Waals surface area contributed by atoms with Crippen LogP contribution in [-0.4, -0.2) is 94.5 Å². The highest BCUT2D eigenvalue weighted by Gasteiger charge is 2.76. The molecular formula is C32H46N4O4S. The minimum atomic E-state index is -0.781. The summed E-state index contributed by atoms with van der Waals surface area (Å²) in [5.41, 5.74) is 1.82. The predicted octanol–water partition coefficient (Wildman–Crippen LogP) is 3.81. The van der Waals surface area contributed by atoms with Crippen LogP contribution in [0.25, 0.3) is 0 Å². The van der Waals surface area contributed by atoms with E-state index in [4.69, 9.17) is 0 Å². The van der Waals surface area contributed by atoms with Gasteiger partial charge in [0.2, 0.25) is 11.8 Å². The van der Waals surface area contributed by atoms with Crippen LogP contribution in [0.2, 0.25) is 0 Å². The zero-order chi connectivity index (χ0) is 29.9. The molecule has 3 aliphatic rings. The fourth-order valence-electron chi connectivity index (χ4n) is 7.39. The van der Waals surface area contributed by atoms with Crippen LogP contribution in [0.5, 0.6) is 0 Å². The molecule has 8 nitrogen and oxygen atoms in total. The van der Waals surface area contributed by atoms with Crippen LogP contribution in [0.4, 0.5) is 11.4 Å². The average Bonchev–Trinajstić information content (AvgIpc) is 3.56. The minimum absolute atomic E-state index is 0.0246. The largest absolute Gasteiger partial charge is 0.395 e. The first-order valence-electron chi connectivity index (χ1n) is 15.0. The van der Waals surface area contributed by atoms with E-state index in [0.717, 1.165) is 37.3 Å². The van der Waals surface area contributed by atoms with Gasteiger partial charge in [0, 0.05) is 55.9 Å². The molecule has 9 heteroatoms. The van der Waals surface area contributed by atoms with Gasteiger partial charge in [-0.1, -0.05) is 26.0 Å². The van der Waals surface area contributed by atoms with Crippen LogP contribution in [0, 0.1) is 17.8 Å². The van der Waals surface area contributed by atoms with Crippen molar-refractivity contribution in [3.8, 4) is 0 Å². The molecule has 1 N–H and O–H groups in total. The molecular weight excluding hydrogens is 536 g/mol. The van der Waals surface area contributed by atoms with Crippen molar-refractivity contribution in [1.29, 1.82) is 0 Å². The summed E-state index contributed by atoms with van der Waals surface area (Å²) in [6, 6.07) is 7.16. The van der Waals surface area contributed by atoms with Gasteiger partial charge in [-0.15, -0.1) is 24.9 Å². The SMILES string of the molecule is C=CCN(CCC)C(=O)[C@@H]1[C@@H]2CC(C)C3(S2)C(C(=O)N(CC=C)c2ccc(N(CC)CC)cc2)N(CCO)C(=O)[C@H]13. The first kappa shape index (κ1) is 31.2. The van der Waals surface area contributed by atoms with Gasteiger partial charge >= 0.3 is 0 Å². The third-order valence-corrected chi connectivity index (χ3v) is 11.2. The molecule has 0 radical (unpaired) electrons. The molecule has 0 aliphatic carbocycles. The number of rotatable bonds is 14. The number of benzene rings is 1. The molecule has 3 aliphatic heterocycles. The number of hydrogen-bond acceptors (Lipinski definition) is 6. The Kier molecular flexibility index (Phi) is 9.90. The second kappa shape index (κ2) is 13.0. The summed E-state index contributed by atoms with van der Waals surface area (Å²) >= 11 is 1.66. The van der Waals surface area contributed by atoms with E-state index in [1.54, 1.807) is 38.6 Å². The normalized spacial score (nSPS) is 28.0. The third-order valence-electron chi connectivity index (χ3n) is 9.13. The van der Waals surface area contributed by atoms with Gasteiger partial charge in [0.05, 0.1) is 23.2 Å². The Hall–Kier alpha value is -2.78. The lowest BCUT2D eigenvalue weighted by Crippen LogP contribution is -2.58. The average molecular weight is 583 g/mol. The summed E-state index contributed by atoms with van der Waals surface area (Å²) in [4.78, 5) is 50.1. The summed E-state index contributed by atoms with van der Waals surface area (Å²) in [7, 11) is 0. The molecule has 224 valence electrons. The number of aliphatic hydroxyl groups is 1. The zero-order valence-corrected chi connectivity index (χ0v) is 25.8. The Balaban J connectivity index is 1.75. The molecule has 6 atom stereocenters. The van der Waals surface area contributed by atoms with Crippen molar-refractivity contribution in [1.82, 2.24) is 9.80 Å². The van der Waals surface area contributed by atoms with Crippen LogP contribution in [-0.2, 0) is 14.4 Å². The minimum Gasteiger partial charge on any atom is -0.395 e. The number of fused-ring (bicyclic) bond motifs is 1. The maximum atomic E-state index is 14.7. The number of anilines is 2. The summed E-state index contributed by atoms with van der Waals surface area (Å²) in [6.45, 7) is 19.0. The van der Waals surface area contributed by atoms with Gasteiger partial charge in [-0.3, -0.25) is 14.4 Å². The van der Waals surface area contributed by atoms with Crippen molar-refractivity contribution in [3.05, 3.63) is 49.6 Å². The molecule has 0 aromatic heterocycles. The van der Waals surface area contributed by atoms with Crippen molar-refractivity contribution in [2.24, 2.45) is 17.8 Å². The number of nitrogens with zero attached hydrogens (tertiary/aromatic N) is 4. The second-order valence-corrected chi connectivity index (χ2v) is 12.9. The first-order chi connectivity index (χ1) is 19.7. The molecule has 1 aromatic rings. The Labute approximate surface area is 249 Å². The highest BCUT2D eigenvalue weighted by atomic mass is 32.2. The van der Waals surface area contributed by atoms with E-state index in [1.165, 1.54) is 0 Å². The van der Waals surface area contributed by atoms with Crippen molar-refractivity contribution in [3.63, 3.8) is 0 Å². The predicted molar refractivity (Wildman–Crippen MR) is 167 cm³/mol. The maximum absolute atomic E-state index is 14.7. The third kappa shape index (κ3) is 5.20. The molecule has 0 saturated carbocycles. The van der Waals surface area contributed by atoms with Gasteiger partial charge in [0.15, 0.2) is 0 Å². The lowest BCUT2D eigenvalue weighted by atomic mass is 9.65. The molecule has 3 saturated heterocycles. The van der Waals surface area contributed by atoms with E-state index in [9.17, 15) is 19.5 Å². The highest BCUT2D eigenvalue weighted by molar-refractivity contribution is 8.02. The van der Waals surface area contributed by atoms with E-state index in [0.29, 0.717) is 13.1 Å². The Bertz CT molecular complexity index is 1140. The fourth-order valence-corrected chi connectivity index (χ4v) is 9.80. The van der Waals surface area contributed by atoms with Gasteiger partial charge < -0.3 is 24.7 Å². The number of hydrogen-bond donors (Lipinski definition) is 1.